The normalized spacial score (nSPS) is 10.3. The lowest BCUT2D eigenvalue weighted by atomic mass is 10.1. The summed E-state index contributed by atoms with van der Waals surface area (Å²) in [4.78, 5) is 57.1. The number of benzene rings is 2. The van der Waals surface area contributed by atoms with Gasteiger partial charge >= 0.3 is 18.0 Å². The standard InChI is InChI=1S/C20H21N3O6.C6H12O2.C3H8.C2H6/c24-16(11-22-20(28)29-13-14-7-3-1-4-8-14)23-18(15-9-5-2-6-10-15)19(27)21-12-17(25)26;1-5(7)8-6(2,3)4;1-3-2;1-2/h1-10,18H,11-13H2,(H,21,27)(H,22,28)(H,23,24)(H,25,26);1-4H3;3H2,1-2H3;1-2H3/t18-;;;/m0.../s1. The van der Waals surface area contributed by atoms with Crippen molar-refractivity contribution in [3.63, 3.8) is 0 Å². The number of ether oxygens (including phenoxy) is 2. The Balaban J connectivity index is 0. The Morgan fingerprint density at radius 1 is 0.833 bits per heavy atom. The molecule has 0 saturated carbocycles. The molecular formula is C31H47N3O8. The number of carboxylic acids is 1. The molecule has 0 fully saturated rings. The Kier molecular flexibility index (Phi) is 22.1. The minimum absolute atomic E-state index is 0.0541. The molecule has 0 radical (unpaired) electrons. The summed E-state index contributed by atoms with van der Waals surface area (Å²) in [5.74, 6) is -2.75. The van der Waals surface area contributed by atoms with Crippen molar-refractivity contribution in [3.8, 4) is 0 Å². The van der Waals surface area contributed by atoms with Crippen molar-refractivity contribution >= 4 is 29.8 Å². The first kappa shape index (κ1) is 39.7. The third-order valence-electron chi connectivity index (χ3n) is 4.17. The van der Waals surface area contributed by atoms with Crippen LogP contribution in [0.2, 0.25) is 0 Å². The lowest BCUT2D eigenvalue weighted by Gasteiger charge is -2.18. The highest BCUT2D eigenvalue weighted by molar-refractivity contribution is 5.91. The smallest absolute Gasteiger partial charge is 0.407 e. The number of rotatable bonds is 9. The third-order valence-corrected chi connectivity index (χ3v) is 4.17. The number of alkyl carbamates (subject to hydrolysis) is 1. The molecule has 11 nitrogen and oxygen atoms in total. The Morgan fingerprint density at radius 3 is 1.76 bits per heavy atom. The molecule has 234 valence electrons. The predicted molar refractivity (Wildman–Crippen MR) is 161 cm³/mol. The molecule has 0 aliphatic heterocycles. The molecule has 0 aromatic heterocycles. The molecule has 11 heteroatoms. The predicted octanol–water partition coefficient (Wildman–Crippen LogP) is 4.76. The van der Waals surface area contributed by atoms with E-state index in [1.54, 1.807) is 42.5 Å². The summed E-state index contributed by atoms with van der Waals surface area (Å²) >= 11 is 0. The quantitative estimate of drug-likeness (QED) is 0.305. The van der Waals surface area contributed by atoms with Gasteiger partial charge in [0.1, 0.15) is 31.3 Å². The van der Waals surface area contributed by atoms with Crippen LogP contribution < -0.4 is 16.0 Å². The number of hydrogen-bond donors (Lipinski definition) is 4. The van der Waals surface area contributed by atoms with E-state index in [1.165, 1.54) is 13.3 Å². The van der Waals surface area contributed by atoms with Crippen molar-refractivity contribution in [2.24, 2.45) is 0 Å². The molecule has 3 amide bonds. The summed E-state index contributed by atoms with van der Waals surface area (Å²) in [6.45, 7) is 14.2. The lowest BCUT2D eigenvalue weighted by molar-refractivity contribution is -0.152. The van der Waals surface area contributed by atoms with Gasteiger partial charge in [-0.05, 0) is 31.9 Å². The van der Waals surface area contributed by atoms with Gasteiger partial charge in [0.2, 0.25) is 11.8 Å². The lowest BCUT2D eigenvalue weighted by Crippen LogP contribution is -2.45. The van der Waals surface area contributed by atoms with Crippen molar-refractivity contribution in [2.45, 2.75) is 80.1 Å². The fourth-order valence-corrected chi connectivity index (χ4v) is 2.78. The van der Waals surface area contributed by atoms with E-state index in [2.05, 4.69) is 29.8 Å². The summed E-state index contributed by atoms with van der Waals surface area (Å²) in [5, 5.41) is 15.7. The molecule has 0 heterocycles. The maximum Gasteiger partial charge on any atom is 0.407 e. The number of carbonyl (C=O) groups excluding carboxylic acids is 4. The molecule has 4 N–H and O–H groups in total. The van der Waals surface area contributed by atoms with Crippen molar-refractivity contribution in [1.82, 2.24) is 16.0 Å². The number of esters is 1. The number of carbonyl (C=O) groups is 5. The highest BCUT2D eigenvalue weighted by atomic mass is 16.6. The maximum absolute atomic E-state index is 12.3. The van der Waals surface area contributed by atoms with Gasteiger partial charge in [0.25, 0.3) is 0 Å². The molecule has 2 rings (SSSR count). The van der Waals surface area contributed by atoms with Crippen LogP contribution >= 0.6 is 0 Å². The van der Waals surface area contributed by atoms with Gasteiger partial charge < -0.3 is 30.5 Å². The Morgan fingerprint density at radius 2 is 1.33 bits per heavy atom. The van der Waals surface area contributed by atoms with Crippen molar-refractivity contribution < 1.29 is 38.6 Å². The van der Waals surface area contributed by atoms with Gasteiger partial charge in [0.15, 0.2) is 0 Å². The summed E-state index contributed by atoms with van der Waals surface area (Å²) in [6.07, 6.45) is 0.468. The minimum Gasteiger partial charge on any atom is -0.480 e. The van der Waals surface area contributed by atoms with Crippen LogP contribution in [0.25, 0.3) is 0 Å². The molecule has 0 bridgehead atoms. The second-order valence-corrected chi connectivity index (χ2v) is 9.35. The first-order valence-electron chi connectivity index (χ1n) is 13.8. The SMILES string of the molecule is CC.CC(=O)OC(C)(C)C.CCC.O=C(O)CNC(=O)[C@@H](NC(=O)CNC(=O)OCc1ccccc1)c1ccccc1. The highest BCUT2D eigenvalue weighted by Crippen LogP contribution is 2.12. The zero-order valence-electron chi connectivity index (χ0n) is 26.0. The van der Waals surface area contributed by atoms with Crippen LogP contribution in [0.1, 0.15) is 79.0 Å². The number of nitrogens with one attached hydrogen (secondary N) is 3. The van der Waals surface area contributed by atoms with E-state index in [1.807, 2.05) is 52.8 Å². The molecule has 0 spiro atoms. The van der Waals surface area contributed by atoms with Gasteiger partial charge in [-0.15, -0.1) is 0 Å². The topological polar surface area (TPSA) is 160 Å². The summed E-state index contributed by atoms with van der Waals surface area (Å²) < 4.78 is 9.80. The Hall–Kier alpha value is -4.41. The van der Waals surface area contributed by atoms with Crippen LogP contribution in [-0.2, 0) is 35.3 Å². The van der Waals surface area contributed by atoms with E-state index in [-0.39, 0.29) is 18.2 Å². The molecule has 2 aromatic rings. The average Bonchev–Trinajstić information content (AvgIpc) is 2.94. The van der Waals surface area contributed by atoms with Crippen molar-refractivity contribution in [3.05, 3.63) is 71.8 Å². The van der Waals surface area contributed by atoms with Gasteiger partial charge in [0, 0.05) is 6.92 Å². The monoisotopic (exact) mass is 589 g/mol. The molecule has 42 heavy (non-hydrogen) atoms. The van der Waals surface area contributed by atoms with Gasteiger partial charge in [0.05, 0.1) is 0 Å². The van der Waals surface area contributed by atoms with E-state index < -0.39 is 43.0 Å². The van der Waals surface area contributed by atoms with Crippen LogP contribution in [0.5, 0.6) is 0 Å². The molecule has 0 saturated heterocycles. The Labute approximate surface area is 249 Å². The zero-order valence-corrected chi connectivity index (χ0v) is 26.0. The molecular weight excluding hydrogens is 542 g/mol. The van der Waals surface area contributed by atoms with Crippen molar-refractivity contribution in [2.75, 3.05) is 13.1 Å². The third kappa shape index (κ3) is 22.4. The summed E-state index contributed by atoms with van der Waals surface area (Å²) in [5.41, 5.74) is 0.938. The van der Waals surface area contributed by atoms with E-state index in [0.29, 0.717) is 5.56 Å². The van der Waals surface area contributed by atoms with Gasteiger partial charge in [-0.3, -0.25) is 19.2 Å². The fourth-order valence-electron chi connectivity index (χ4n) is 2.78. The highest BCUT2D eigenvalue weighted by Gasteiger charge is 2.23. The average molecular weight is 590 g/mol. The molecule has 0 aliphatic rings. The van der Waals surface area contributed by atoms with E-state index >= 15 is 0 Å². The van der Waals surface area contributed by atoms with Crippen molar-refractivity contribution in [1.29, 1.82) is 0 Å². The molecule has 0 aliphatic carbocycles. The second-order valence-electron chi connectivity index (χ2n) is 9.35. The van der Waals surface area contributed by atoms with Crippen LogP contribution in [-0.4, -0.2) is 53.6 Å². The van der Waals surface area contributed by atoms with Crippen LogP contribution in [0.3, 0.4) is 0 Å². The second kappa shape index (κ2) is 23.3. The molecule has 1 atom stereocenters. The summed E-state index contributed by atoms with van der Waals surface area (Å²) in [6, 6.07) is 16.3. The van der Waals surface area contributed by atoms with Gasteiger partial charge in [-0.25, -0.2) is 4.79 Å². The fraction of sp³-hybridized carbons (Fsp3) is 0.452. The first-order valence-corrected chi connectivity index (χ1v) is 13.8. The van der Waals surface area contributed by atoms with Gasteiger partial charge in [-0.2, -0.15) is 0 Å². The zero-order chi connectivity index (χ0) is 32.6. The van der Waals surface area contributed by atoms with Gasteiger partial charge in [-0.1, -0.05) is 94.8 Å². The number of aliphatic carboxylic acids is 1. The summed E-state index contributed by atoms with van der Waals surface area (Å²) in [7, 11) is 0. The first-order chi connectivity index (χ1) is 19.8. The minimum atomic E-state index is -1.21. The van der Waals surface area contributed by atoms with Crippen LogP contribution in [0.15, 0.2) is 60.7 Å². The molecule has 0 unspecified atom stereocenters. The van der Waals surface area contributed by atoms with Crippen LogP contribution in [0, 0.1) is 0 Å². The van der Waals surface area contributed by atoms with E-state index in [9.17, 15) is 24.0 Å². The Bertz CT molecular complexity index is 1050. The largest absolute Gasteiger partial charge is 0.480 e. The maximum atomic E-state index is 12.3. The van der Waals surface area contributed by atoms with Crippen LogP contribution in [0.4, 0.5) is 4.79 Å². The molecule has 2 aromatic carbocycles. The number of carboxylic acid groups (broad SMARTS) is 1. The number of amides is 3. The van der Waals surface area contributed by atoms with E-state index in [0.717, 1.165) is 5.56 Å². The van der Waals surface area contributed by atoms with E-state index in [4.69, 9.17) is 14.6 Å². The number of hydrogen-bond acceptors (Lipinski definition) is 7.